The minimum absolute atomic E-state index is 0.899. The second-order valence-corrected chi connectivity index (χ2v) is 5.05. The first-order valence-corrected chi connectivity index (χ1v) is 7.38. The summed E-state index contributed by atoms with van der Waals surface area (Å²) >= 11 is 0. The summed E-state index contributed by atoms with van der Waals surface area (Å²) in [5, 5.41) is 3.21. The lowest BCUT2D eigenvalue weighted by Gasteiger charge is -2.11. The van der Waals surface area contributed by atoms with Gasteiger partial charge in [0.1, 0.15) is 11.3 Å². The van der Waals surface area contributed by atoms with Crippen LogP contribution in [0.2, 0.25) is 0 Å². The molecule has 0 aliphatic carbocycles. The fraction of sp³-hybridized carbons (Fsp3) is 0.294. The first-order chi connectivity index (χ1) is 10.3. The van der Waals surface area contributed by atoms with E-state index in [1.807, 2.05) is 25.5 Å². The van der Waals surface area contributed by atoms with Crippen molar-refractivity contribution in [2.24, 2.45) is 0 Å². The molecule has 2 aromatic heterocycles. The van der Waals surface area contributed by atoms with Gasteiger partial charge < -0.3 is 9.88 Å². The van der Waals surface area contributed by atoms with Gasteiger partial charge in [0, 0.05) is 18.3 Å². The number of benzene rings is 1. The van der Waals surface area contributed by atoms with E-state index in [2.05, 4.69) is 46.1 Å². The van der Waals surface area contributed by atoms with Crippen molar-refractivity contribution in [1.82, 2.24) is 19.9 Å². The smallest absolute Gasteiger partial charge is 0.141 e. The van der Waals surface area contributed by atoms with Crippen LogP contribution in [0, 0.1) is 0 Å². The zero-order valence-electron chi connectivity index (χ0n) is 12.5. The minimum Gasteiger partial charge on any atom is -0.324 e. The maximum absolute atomic E-state index is 4.80. The van der Waals surface area contributed by atoms with Gasteiger partial charge in [-0.1, -0.05) is 24.3 Å². The maximum atomic E-state index is 4.80. The van der Waals surface area contributed by atoms with Crippen LogP contribution in [-0.2, 0) is 13.0 Å². The molecule has 0 aliphatic rings. The number of fused-ring (bicyclic) bond motifs is 1. The molecule has 0 atom stereocenters. The zero-order valence-corrected chi connectivity index (χ0v) is 12.5. The number of rotatable bonds is 5. The Balaban J connectivity index is 2.16. The molecular weight excluding hydrogens is 260 g/mol. The van der Waals surface area contributed by atoms with Gasteiger partial charge in [-0.3, -0.25) is 4.98 Å². The Labute approximate surface area is 124 Å². The molecule has 21 heavy (non-hydrogen) atoms. The average molecular weight is 280 g/mol. The summed E-state index contributed by atoms with van der Waals surface area (Å²) in [5.41, 5.74) is 4.64. The molecule has 0 spiro atoms. The third-order valence-corrected chi connectivity index (χ3v) is 3.77. The molecule has 0 saturated heterocycles. The highest BCUT2D eigenvalue weighted by Gasteiger charge is 2.14. The number of nitrogens with zero attached hydrogens (tertiary/aromatic N) is 3. The second-order valence-electron chi connectivity index (χ2n) is 5.05. The van der Waals surface area contributed by atoms with Crippen molar-refractivity contribution in [3.8, 4) is 11.4 Å². The minimum atomic E-state index is 0.899. The van der Waals surface area contributed by atoms with Gasteiger partial charge in [0.05, 0.1) is 11.7 Å². The van der Waals surface area contributed by atoms with E-state index in [4.69, 9.17) is 4.98 Å². The predicted octanol–water partition coefficient (Wildman–Crippen LogP) is 2.88. The van der Waals surface area contributed by atoms with Crippen molar-refractivity contribution in [3.05, 3.63) is 48.3 Å². The Morgan fingerprint density at radius 1 is 1.19 bits per heavy atom. The summed E-state index contributed by atoms with van der Waals surface area (Å²) in [7, 11) is 1.98. The molecule has 4 heteroatoms. The van der Waals surface area contributed by atoms with Crippen molar-refractivity contribution in [3.63, 3.8) is 0 Å². The molecule has 0 unspecified atom stereocenters. The zero-order chi connectivity index (χ0) is 14.7. The van der Waals surface area contributed by atoms with Crippen molar-refractivity contribution in [1.29, 1.82) is 0 Å². The predicted molar refractivity (Wildman–Crippen MR) is 86.3 cm³/mol. The molecule has 0 amide bonds. The van der Waals surface area contributed by atoms with E-state index in [0.29, 0.717) is 0 Å². The first-order valence-electron chi connectivity index (χ1n) is 7.38. The Morgan fingerprint density at radius 3 is 2.86 bits per heavy atom. The van der Waals surface area contributed by atoms with Crippen LogP contribution in [0.3, 0.4) is 0 Å². The number of aryl methyl sites for hydroxylation is 1. The largest absolute Gasteiger partial charge is 0.324 e. The fourth-order valence-electron chi connectivity index (χ4n) is 2.72. The van der Waals surface area contributed by atoms with Gasteiger partial charge in [0.2, 0.25) is 0 Å². The van der Waals surface area contributed by atoms with E-state index < -0.39 is 0 Å². The van der Waals surface area contributed by atoms with Gasteiger partial charge in [-0.2, -0.15) is 0 Å². The van der Waals surface area contributed by atoms with Crippen molar-refractivity contribution in [2.45, 2.75) is 19.9 Å². The number of imidazole rings is 1. The first kappa shape index (κ1) is 13.8. The Bertz CT molecular complexity index is 745. The molecular formula is C17H20N4. The van der Waals surface area contributed by atoms with Crippen LogP contribution >= 0.6 is 0 Å². The molecule has 3 rings (SSSR count). The van der Waals surface area contributed by atoms with E-state index in [0.717, 1.165) is 36.4 Å². The normalized spacial score (nSPS) is 11.1. The molecule has 1 aromatic carbocycles. The summed E-state index contributed by atoms with van der Waals surface area (Å²) < 4.78 is 2.26. The molecule has 108 valence electrons. The maximum Gasteiger partial charge on any atom is 0.141 e. The third kappa shape index (κ3) is 2.54. The lowest BCUT2D eigenvalue weighted by Crippen LogP contribution is -2.11. The monoisotopic (exact) mass is 280 g/mol. The van der Waals surface area contributed by atoms with Crippen LogP contribution in [-0.4, -0.2) is 28.1 Å². The molecule has 1 N–H and O–H groups in total. The van der Waals surface area contributed by atoms with Gasteiger partial charge in [0.15, 0.2) is 0 Å². The quantitative estimate of drug-likeness (QED) is 0.781. The van der Waals surface area contributed by atoms with E-state index in [-0.39, 0.29) is 0 Å². The van der Waals surface area contributed by atoms with Gasteiger partial charge >= 0.3 is 0 Å². The topological polar surface area (TPSA) is 42.7 Å². The highest BCUT2D eigenvalue weighted by atomic mass is 15.1. The Kier molecular flexibility index (Phi) is 3.97. The van der Waals surface area contributed by atoms with Crippen LogP contribution in [0.25, 0.3) is 22.4 Å². The lowest BCUT2D eigenvalue weighted by atomic mass is 10.0. The molecule has 0 bridgehead atoms. The standard InChI is InChI=1S/C17H20N4/c1-3-21-16-9-11-19-12-15(16)20-17(21)14-7-5-4-6-13(14)8-10-18-2/h4-7,9,11-12,18H,3,8,10H2,1-2H3. The number of hydrogen-bond acceptors (Lipinski definition) is 3. The number of pyridine rings is 1. The van der Waals surface area contributed by atoms with Crippen LogP contribution < -0.4 is 5.32 Å². The van der Waals surface area contributed by atoms with Gasteiger partial charge in [0.25, 0.3) is 0 Å². The molecule has 0 radical (unpaired) electrons. The Morgan fingerprint density at radius 2 is 2.05 bits per heavy atom. The Hall–Kier alpha value is -2.20. The van der Waals surface area contributed by atoms with Gasteiger partial charge in [-0.15, -0.1) is 0 Å². The molecule has 4 nitrogen and oxygen atoms in total. The summed E-state index contributed by atoms with van der Waals surface area (Å²) in [6, 6.07) is 10.5. The van der Waals surface area contributed by atoms with E-state index in [1.54, 1.807) is 0 Å². The summed E-state index contributed by atoms with van der Waals surface area (Å²) in [5.74, 6) is 1.03. The average Bonchev–Trinajstić information content (AvgIpc) is 2.91. The van der Waals surface area contributed by atoms with Crippen LogP contribution in [0.4, 0.5) is 0 Å². The van der Waals surface area contributed by atoms with Crippen molar-refractivity contribution < 1.29 is 0 Å². The highest BCUT2D eigenvalue weighted by Crippen LogP contribution is 2.27. The van der Waals surface area contributed by atoms with Crippen LogP contribution in [0.1, 0.15) is 12.5 Å². The molecule has 3 aromatic rings. The van der Waals surface area contributed by atoms with E-state index in [1.165, 1.54) is 11.1 Å². The van der Waals surface area contributed by atoms with E-state index >= 15 is 0 Å². The van der Waals surface area contributed by atoms with Crippen molar-refractivity contribution >= 4 is 11.0 Å². The number of aromatic nitrogens is 3. The highest BCUT2D eigenvalue weighted by molar-refractivity contribution is 5.80. The second kappa shape index (κ2) is 6.06. The molecule has 2 heterocycles. The number of likely N-dealkylation sites (N-methyl/N-ethyl adjacent to an activating group) is 1. The third-order valence-electron chi connectivity index (χ3n) is 3.77. The summed E-state index contributed by atoms with van der Waals surface area (Å²) in [6.45, 7) is 4.02. The van der Waals surface area contributed by atoms with Crippen molar-refractivity contribution in [2.75, 3.05) is 13.6 Å². The fourth-order valence-corrected chi connectivity index (χ4v) is 2.72. The SMILES string of the molecule is CCn1c(-c2ccccc2CCNC)nc2cnccc21. The summed E-state index contributed by atoms with van der Waals surface area (Å²) in [6.07, 6.45) is 4.66. The molecule has 0 aliphatic heterocycles. The van der Waals surface area contributed by atoms with Gasteiger partial charge in [-0.05, 0) is 38.6 Å². The molecule has 0 saturated carbocycles. The summed E-state index contributed by atoms with van der Waals surface area (Å²) in [4.78, 5) is 8.98. The number of hydrogen-bond donors (Lipinski definition) is 1. The van der Waals surface area contributed by atoms with Crippen LogP contribution in [0.5, 0.6) is 0 Å². The lowest BCUT2D eigenvalue weighted by molar-refractivity contribution is 0.781. The molecule has 0 fully saturated rings. The van der Waals surface area contributed by atoms with Gasteiger partial charge in [-0.25, -0.2) is 4.98 Å². The van der Waals surface area contributed by atoms with Crippen LogP contribution in [0.15, 0.2) is 42.7 Å². The number of nitrogens with one attached hydrogen (secondary N) is 1. The van der Waals surface area contributed by atoms with E-state index in [9.17, 15) is 0 Å².